The molecule has 38 heavy (non-hydrogen) atoms. The number of allylic oxidation sites excluding steroid dienone is 6. The Kier molecular flexibility index (Phi) is 7.16. The first-order valence-electron chi connectivity index (χ1n) is 12.9. The van der Waals surface area contributed by atoms with Gasteiger partial charge in [-0.2, -0.15) is 0 Å². The monoisotopic (exact) mass is 559 g/mol. The van der Waals surface area contributed by atoms with Crippen molar-refractivity contribution in [1.29, 1.82) is 0 Å². The van der Waals surface area contributed by atoms with E-state index < -0.39 is 11.2 Å². The highest BCUT2D eigenvalue weighted by atomic mass is 35.5. The van der Waals surface area contributed by atoms with E-state index >= 15 is 0 Å². The molecule has 4 aliphatic heterocycles. The Morgan fingerprint density at radius 1 is 1.21 bits per heavy atom. The molecule has 1 saturated heterocycles. The number of hydrogen-bond donors (Lipinski definition) is 1. The topological polar surface area (TPSA) is 78.8 Å². The number of carbonyl (C=O) groups is 1. The summed E-state index contributed by atoms with van der Waals surface area (Å²) in [5, 5.41) is 1.000. The molecule has 3 atom stereocenters. The number of nitrogens with one attached hydrogen (secondary N) is 1. The third kappa shape index (κ3) is 4.72. The summed E-state index contributed by atoms with van der Waals surface area (Å²) in [7, 11) is 0. The van der Waals surface area contributed by atoms with Gasteiger partial charge in [0.2, 0.25) is 0 Å². The molecule has 1 fully saturated rings. The lowest BCUT2D eigenvalue weighted by atomic mass is 9.81. The molecule has 6 aliphatic rings. The maximum absolute atomic E-state index is 14.2. The van der Waals surface area contributed by atoms with Gasteiger partial charge in [-0.15, -0.1) is 11.6 Å². The van der Waals surface area contributed by atoms with E-state index in [9.17, 15) is 9.18 Å². The summed E-state index contributed by atoms with van der Waals surface area (Å²) in [5.74, 6) is -0.0959. The van der Waals surface area contributed by atoms with Gasteiger partial charge in [0.1, 0.15) is 24.2 Å². The minimum absolute atomic E-state index is 0.0141. The van der Waals surface area contributed by atoms with E-state index in [1.54, 1.807) is 18.5 Å². The minimum Gasteiger partial charge on any atom is -0.494 e. The zero-order valence-corrected chi connectivity index (χ0v) is 22.2. The van der Waals surface area contributed by atoms with Crippen LogP contribution < -0.4 is 5.43 Å². The molecule has 0 aromatic carbocycles. The second-order valence-electron chi connectivity index (χ2n) is 9.73. The molecular formula is C27H28Cl2FN5O3. The van der Waals surface area contributed by atoms with Gasteiger partial charge in [-0.25, -0.2) is 4.39 Å². The third-order valence-electron chi connectivity index (χ3n) is 7.43. The lowest BCUT2D eigenvalue weighted by molar-refractivity contribution is -0.121. The molecule has 4 heterocycles. The number of alkyl halides is 1. The number of nitrogens with zero attached hydrogens (tertiary/aromatic N) is 4. The molecule has 0 bridgehead atoms. The lowest BCUT2D eigenvalue weighted by Crippen LogP contribution is -2.50. The first kappa shape index (κ1) is 25.4. The minimum atomic E-state index is -0.848. The number of halogens is 3. The lowest BCUT2D eigenvalue weighted by Gasteiger charge is -2.41. The highest BCUT2D eigenvalue weighted by molar-refractivity contribution is 6.34. The van der Waals surface area contributed by atoms with E-state index in [0.29, 0.717) is 50.7 Å². The van der Waals surface area contributed by atoms with Crippen molar-refractivity contribution < 1.29 is 18.7 Å². The molecule has 1 N–H and O–H groups in total. The molecule has 11 heteroatoms. The van der Waals surface area contributed by atoms with Gasteiger partial charge in [0.05, 0.1) is 47.1 Å². The molecule has 0 radical (unpaired) electrons. The molecule has 1 amide bonds. The highest BCUT2D eigenvalue weighted by Crippen LogP contribution is 2.38. The summed E-state index contributed by atoms with van der Waals surface area (Å²) >= 11 is 12.4. The molecule has 0 saturated carbocycles. The summed E-state index contributed by atoms with van der Waals surface area (Å²) in [5.41, 5.74) is 6.80. The van der Waals surface area contributed by atoms with Crippen LogP contribution in [0.3, 0.4) is 0 Å². The van der Waals surface area contributed by atoms with Crippen LogP contribution in [0.2, 0.25) is 0 Å². The van der Waals surface area contributed by atoms with Gasteiger partial charge in [0.15, 0.2) is 0 Å². The van der Waals surface area contributed by atoms with Crippen LogP contribution in [0.15, 0.2) is 79.6 Å². The fraction of sp³-hybridized carbons (Fsp3) is 0.444. The number of fused-ring (bicyclic) bond motifs is 1. The van der Waals surface area contributed by atoms with Crippen molar-refractivity contribution in [3.8, 4) is 0 Å². The van der Waals surface area contributed by atoms with Crippen LogP contribution in [0.1, 0.15) is 19.3 Å². The number of carbonyl (C=O) groups excluding carboxylic acids is 1. The van der Waals surface area contributed by atoms with Crippen molar-refractivity contribution in [1.82, 2.24) is 15.3 Å². The van der Waals surface area contributed by atoms with Crippen molar-refractivity contribution in [2.24, 2.45) is 15.9 Å². The van der Waals surface area contributed by atoms with Gasteiger partial charge in [0.25, 0.3) is 5.91 Å². The highest BCUT2D eigenvalue weighted by Gasteiger charge is 2.40. The SMILES string of the molecule is O=C(NN1CCOC2=C1C=CCC2)C1=C(N2CCOCC2)C2C=CN=C(C3=CC(Cl)=C(F)C(Cl)C3)C2N=C1. The largest absolute Gasteiger partial charge is 0.494 e. The fourth-order valence-electron chi connectivity index (χ4n) is 5.59. The van der Waals surface area contributed by atoms with Crippen LogP contribution in [0.4, 0.5) is 4.39 Å². The molecule has 3 unspecified atom stereocenters. The number of ether oxygens (including phenoxy) is 2. The Morgan fingerprint density at radius 2 is 2.05 bits per heavy atom. The number of aliphatic imine (C=N–C) groups is 2. The van der Waals surface area contributed by atoms with Crippen molar-refractivity contribution in [2.45, 2.75) is 30.7 Å². The summed E-state index contributed by atoms with van der Waals surface area (Å²) in [6, 6.07) is -0.380. The van der Waals surface area contributed by atoms with Gasteiger partial charge in [-0.1, -0.05) is 23.8 Å². The fourth-order valence-corrected chi connectivity index (χ4v) is 6.20. The van der Waals surface area contributed by atoms with Crippen molar-refractivity contribution in [3.05, 3.63) is 69.7 Å². The number of amides is 1. The Balaban J connectivity index is 1.32. The summed E-state index contributed by atoms with van der Waals surface area (Å²) < 4.78 is 25.6. The van der Waals surface area contributed by atoms with Crippen molar-refractivity contribution >= 4 is 41.0 Å². The van der Waals surface area contributed by atoms with E-state index in [2.05, 4.69) is 21.4 Å². The number of hydrogen-bond acceptors (Lipinski definition) is 7. The standard InChI is InChI=1S/C27H28Cl2FN5O3/c28-19-13-16(14-20(29)23(19)30)24-25-17(5-6-31-24)26(34-7-10-37-11-8-34)18(15-32-25)27(36)33-35-9-12-38-22-4-2-1-3-21(22)35/h1,3,5-6,13,15,17,20,25H,2,4,7-12,14H2,(H,33,36). The maximum Gasteiger partial charge on any atom is 0.273 e. The first-order chi connectivity index (χ1) is 18.5. The van der Waals surface area contributed by atoms with Gasteiger partial charge in [-0.3, -0.25) is 25.2 Å². The molecule has 0 aromatic heterocycles. The van der Waals surface area contributed by atoms with Crippen molar-refractivity contribution in [2.75, 3.05) is 39.5 Å². The number of morpholine rings is 1. The Morgan fingerprint density at radius 3 is 2.87 bits per heavy atom. The molecule has 200 valence electrons. The normalized spacial score (nSPS) is 29.1. The molecule has 6 rings (SSSR count). The van der Waals surface area contributed by atoms with E-state index in [-0.39, 0.29) is 29.3 Å². The smallest absolute Gasteiger partial charge is 0.273 e. The zero-order chi connectivity index (χ0) is 26.2. The van der Waals surface area contributed by atoms with Gasteiger partial charge in [-0.05, 0) is 30.6 Å². The van der Waals surface area contributed by atoms with Crippen molar-refractivity contribution in [3.63, 3.8) is 0 Å². The molecule has 2 aliphatic carbocycles. The summed E-state index contributed by atoms with van der Waals surface area (Å²) in [6.07, 6.45) is 13.0. The summed E-state index contributed by atoms with van der Waals surface area (Å²) in [6.45, 7) is 3.52. The van der Waals surface area contributed by atoms with Crippen LogP contribution in [-0.2, 0) is 14.3 Å². The zero-order valence-electron chi connectivity index (χ0n) is 20.7. The van der Waals surface area contributed by atoms with Gasteiger partial charge < -0.3 is 14.4 Å². The number of hydrazine groups is 1. The second kappa shape index (κ2) is 10.7. The average molecular weight is 560 g/mol. The molecule has 0 spiro atoms. The van der Waals surface area contributed by atoms with E-state index in [1.807, 2.05) is 17.2 Å². The van der Waals surface area contributed by atoms with E-state index in [4.69, 9.17) is 37.7 Å². The summed E-state index contributed by atoms with van der Waals surface area (Å²) in [4.78, 5) is 25.4. The first-order valence-corrected chi connectivity index (χ1v) is 13.7. The van der Waals surface area contributed by atoms with Crippen LogP contribution >= 0.6 is 23.2 Å². The Hall–Kier alpha value is -2.88. The van der Waals surface area contributed by atoms with Gasteiger partial charge in [0, 0.05) is 43.5 Å². The Labute approximate surface area is 230 Å². The van der Waals surface area contributed by atoms with Crippen LogP contribution in [0.5, 0.6) is 0 Å². The third-order valence-corrected chi connectivity index (χ3v) is 8.07. The Bertz CT molecular complexity index is 1280. The molecule has 8 nitrogen and oxygen atoms in total. The number of dihydropyridines is 1. The quantitative estimate of drug-likeness (QED) is 0.528. The van der Waals surface area contributed by atoms with Crippen LogP contribution in [0.25, 0.3) is 0 Å². The molecular weight excluding hydrogens is 532 g/mol. The van der Waals surface area contributed by atoms with E-state index in [0.717, 1.165) is 35.6 Å². The van der Waals surface area contributed by atoms with Crippen LogP contribution in [0, 0.1) is 5.92 Å². The van der Waals surface area contributed by atoms with Gasteiger partial charge >= 0.3 is 0 Å². The number of rotatable bonds is 4. The predicted octanol–water partition coefficient (Wildman–Crippen LogP) is 3.89. The average Bonchev–Trinajstić information content (AvgIpc) is 2.95. The second-order valence-corrected chi connectivity index (χ2v) is 10.7. The van der Waals surface area contributed by atoms with Crippen LogP contribution in [-0.4, -0.2) is 78.6 Å². The maximum atomic E-state index is 14.2. The predicted molar refractivity (Wildman–Crippen MR) is 144 cm³/mol. The van der Waals surface area contributed by atoms with E-state index in [1.165, 1.54) is 0 Å². The molecule has 0 aromatic rings.